The number of nitrogens with one attached hydrogen (secondary N) is 1. The predicted octanol–water partition coefficient (Wildman–Crippen LogP) is 1.01. The molecule has 0 bridgehead atoms. The zero-order valence-electron chi connectivity index (χ0n) is 6.26. The molecule has 0 fully saturated rings. The molecule has 1 heterocycles. The number of hydrogen-bond acceptors (Lipinski definition) is 3. The SMILES string of the molecule is Cc1ncc(CNN)cc1Cl. The molecule has 0 amide bonds. The molecule has 0 aliphatic rings. The Labute approximate surface area is 70.5 Å². The lowest BCUT2D eigenvalue weighted by Gasteiger charge is -2.01. The first-order chi connectivity index (χ1) is 5.24. The van der Waals surface area contributed by atoms with Gasteiger partial charge in [0, 0.05) is 12.7 Å². The zero-order chi connectivity index (χ0) is 8.27. The normalized spacial score (nSPS) is 10.1. The molecule has 0 spiro atoms. The number of hydrogen-bond donors (Lipinski definition) is 2. The number of rotatable bonds is 2. The Morgan fingerprint density at radius 1 is 1.73 bits per heavy atom. The molecular formula is C7H10ClN3. The summed E-state index contributed by atoms with van der Waals surface area (Å²) in [5, 5.41) is 0.678. The van der Waals surface area contributed by atoms with Crippen LogP contribution in [0.2, 0.25) is 5.02 Å². The van der Waals surface area contributed by atoms with Crippen molar-refractivity contribution in [2.75, 3.05) is 0 Å². The van der Waals surface area contributed by atoms with Gasteiger partial charge in [0.2, 0.25) is 0 Å². The van der Waals surface area contributed by atoms with Gasteiger partial charge in [-0.2, -0.15) is 0 Å². The van der Waals surface area contributed by atoms with Crippen LogP contribution in [0.5, 0.6) is 0 Å². The van der Waals surface area contributed by atoms with E-state index in [-0.39, 0.29) is 0 Å². The van der Waals surface area contributed by atoms with Gasteiger partial charge in [0.25, 0.3) is 0 Å². The van der Waals surface area contributed by atoms with Gasteiger partial charge in [-0.1, -0.05) is 11.6 Å². The fraction of sp³-hybridized carbons (Fsp3) is 0.286. The van der Waals surface area contributed by atoms with Crippen molar-refractivity contribution < 1.29 is 0 Å². The summed E-state index contributed by atoms with van der Waals surface area (Å²) in [6.45, 7) is 2.45. The summed E-state index contributed by atoms with van der Waals surface area (Å²) >= 11 is 5.82. The van der Waals surface area contributed by atoms with Crippen molar-refractivity contribution in [3.05, 3.63) is 28.5 Å². The van der Waals surface area contributed by atoms with E-state index in [9.17, 15) is 0 Å². The van der Waals surface area contributed by atoms with Gasteiger partial charge in [-0.3, -0.25) is 16.3 Å². The molecule has 1 aromatic heterocycles. The van der Waals surface area contributed by atoms with E-state index in [0.717, 1.165) is 11.3 Å². The Morgan fingerprint density at radius 2 is 2.45 bits per heavy atom. The number of aryl methyl sites for hydroxylation is 1. The third kappa shape index (κ3) is 2.15. The number of pyridine rings is 1. The first-order valence-corrected chi connectivity index (χ1v) is 3.66. The van der Waals surface area contributed by atoms with Crippen LogP contribution in [0, 0.1) is 6.92 Å². The molecule has 0 unspecified atom stereocenters. The summed E-state index contributed by atoms with van der Waals surface area (Å²) in [7, 11) is 0. The van der Waals surface area contributed by atoms with Crippen molar-refractivity contribution in [3.8, 4) is 0 Å². The summed E-state index contributed by atoms with van der Waals surface area (Å²) < 4.78 is 0. The highest BCUT2D eigenvalue weighted by Gasteiger charge is 1.97. The average Bonchev–Trinajstić information content (AvgIpc) is 1.98. The van der Waals surface area contributed by atoms with Crippen LogP contribution in [0.4, 0.5) is 0 Å². The lowest BCUT2D eigenvalue weighted by molar-refractivity contribution is 0.738. The van der Waals surface area contributed by atoms with Gasteiger partial charge in [-0.25, -0.2) is 0 Å². The minimum atomic E-state index is 0.590. The van der Waals surface area contributed by atoms with Crippen molar-refractivity contribution in [2.45, 2.75) is 13.5 Å². The van der Waals surface area contributed by atoms with Crippen molar-refractivity contribution in [1.82, 2.24) is 10.4 Å². The quantitative estimate of drug-likeness (QED) is 0.516. The Hall–Kier alpha value is -0.640. The van der Waals surface area contributed by atoms with Crippen molar-refractivity contribution in [1.29, 1.82) is 0 Å². The summed E-state index contributed by atoms with van der Waals surface area (Å²) in [6.07, 6.45) is 1.75. The molecule has 0 radical (unpaired) electrons. The van der Waals surface area contributed by atoms with Crippen molar-refractivity contribution in [3.63, 3.8) is 0 Å². The molecule has 0 saturated carbocycles. The largest absolute Gasteiger partial charge is 0.271 e. The summed E-state index contributed by atoms with van der Waals surface area (Å²) in [5.74, 6) is 5.13. The second kappa shape index (κ2) is 3.67. The van der Waals surface area contributed by atoms with Crippen molar-refractivity contribution in [2.24, 2.45) is 5.84 Å². The van der Waals surface area contributed by atoms with Crippen LogP contribution in [-0.4, -0.2) is 4.98 Å². The number of aromatic nitrogens is 1. The monoisotopic (exact) mass is 171 g/mol. The van der Waals surface area contributed by atoms with Crippen LogP contribution in [0.3, 0.4) is 0 Å². The van der Waals surface area contributed by atoms with E-state index in [0.29, 0.717) is 11.6 Å². The predicted molar refractivity (Wildman–Crippen MR) is 45.0 cm³/mol. The lowest BCUT2D eigenvalue weighted by Crippen LogP contribution is -2.20. The highest BCUT2D eigenvalue weighted by Crippen LogP contribution is 2.13. The zero-order valence-corrected chi connectivity index (χ0v) is 7.02. The summed E-state index contributed by atoms with van der Waals surface area (Å²) in [5.41, 5.74) is 4.36. The van der Waals surface area contributed by atoms with E-state index < -0.39 is 0 Å². The molecular weight excluding hydrogens is 162 g/mol. The molecule has 1 rings (SSSR count). The van der Waals surface area contributed by atoms with E-state index in [1.54, 1.807) is 6.20 Å². The standard InChI is InChI=1S/C7H10ClN3/c1-5-7(8)2-6(3-10-5)4-11-9/h2-3,11H,4,9H2,1H3. The van der Waals surface area contributed by atoms with Gasteiger partial charge in [0.1, 0.15) is 0 Å². The van der Waals surface area contributed by atoms with E-state index in [1.807, 2.05) is 13.0 Å². The molecule has 0 aliphatic heterocycles. The van der Waals surface area contributed by atoms with E-state index in [4.69, 9.17) is 17.4 Å². The minimum absolute atomic E-state index is 0.590. The van der Waals surface area contributed by atoms with Crippen LogP contribution < -0.4 is 11.3 Å². The topological polar surface area (TPSA) is 50.9 Å². The number of hydrazine groups is 1. The first kappa shape index (κ1) is 8.46. The fourth-order valence-corrected chi connectivity index (χ4v) is 0.949. The second-order valence-corrected chi connectivity index (χ2v) is 2.70. The highest BCUT2D eigenvalue weighted by atomic mass is 35.5. The van der Waals surface area contributed by atoms with E-state index in [1.165, 1.54) is 0 Å². The van der Waals surface area contributed by atoms with Crippen LogP contribution in [0.15, 0.2) is 12.3 Å². The lowest BCUT2D eigenvalue weighted by atomic mass is 10.2. The third-order valence-corrected chi connectivity index (χ3v) is 1.77. The summed E-state index contributed by atoms with van der Waals surface area (Å²) in [6, 6.07) is 1.85. The molecule has 11 heavy (non-hydrogen) atoms. The Morgan fingerprint density at radius 3 is 3.00 bits per heavy atom. The van der Waals surface area contributed by atoms with E-state index in [2.05, 4.69) is 10.4 Å². The number of nitrogens with two attached hydrogens (primary N) is 1. The Bertz CT molecular complexity index is 249. The first-order valence-electron chi connectivity index (χ1n) is 3.28. The highest BCUT2D eigenvalue weighted by molar-refractivity contribution is 6.31. The number of nitrogens with zero attached hydrogens (tertiary/aromatic N) is 1. The van der Waals surface area contributed by atoms with Gasteiger partial charge >= 0.3 is 0 Å². The maximum atomic E-state index is 5.82. The molecule has 1 aromatic rings. The molecule has 60 valence electrons. The van der Waals surface area contributed by atoms with Gasteiger partial charge < -0.3 is 0 Å². The molecule has 0 atom stereocenters. The van der Waals surface area contributed by atoms with E-state index >= 15 is 0 Å². The van der Waals surface area contributed by atoms with Crippen molar-refractivity contribution >= 4 is 11.6 Å². The molecule has 3 N–H and O–H groups in total. The third-order valence-electron chi connectivity index (χ3n) is 1.39. The fourth-order valence-electron chi connectivity index (χ4n) is 0.760. The van der Waals surface area contributed by atoms with Gasteiger partial charge in [-0.05, 0) is 18.6 Å². The van der Waals surface area contributed by atoms with Crippen LogP contribution in [0.1, 0.15) is 11.3 Å². The Balaban J connectivity index is 2.86. The molecule has 0 aromatic carbocycles. The maximum Gasteiger partial charge on any atom is 0.0621 e. The smallest absolute Gasteiger partial charge is 0.0621 e. The molecule has 0 aliphatic carbocycles. The van der Waals surface area contributed by atoms with Gasteiger partial charge in [0.05, 0.1) is 10.7 Å². The maximum absolute atomic E-state index is 5.82. The van der Waals surface area contributed by atoms with Crippen LogP contribution >= 0.6 is 11.6 Å². The second-order valence-electron chi connectivity index (χ2n) is 2.29. The molecule has 4 heteroatoms. The molecule has 0 saturated heterocycles. The Kier molecular flexibility index (Phi) is 2.82. The van der Waals surface area contributed by atoms with Gasteiger partial charge in [0.15, 0.2) is 0 Å². The average molecular weight is 172 g/mol. The minimum Gasteiger partial charge on any atom is -0.271 e. The van der Waals surface area contributed by atoms with Gasteiger partial charge in [-0.15, -0.1) is 0 Å². The van der Waals surface area contributed by atoms with Crippen LogP contribution in [0.25, 0.3) is 0 Å². The number of halogens is 1. The summed E-state index contributed by atoms with van der Waals surface area (Å²) in [4.78, 5) is 4.07. The van der Waals surface area contributed by atoms with Crippen LogP contribution in [-0.2, 0) is 6.54 Å². The molecule has 3 nitrogen and oxygen atoms in total.